The SMILES string of the molecule is COC(=O)N(C=C(C#N)C#N)c1ccc(Cl)cn1. The Labute approximate surface area is 108 Å². The minimum Gasteiger partial charge on any atom is -0.452 e. The average Bonchev–Trinajstić information content (AvgIpc) is 2.41. The van der Waals surface area contributed by atoms with Gasteiger partial charge in [-0.25, -0.2) is 14.7 Å². The standard InChI is InChI=1S/C11H7ClN4O2/c1-18-11(17)16(7-8(4-13)5-14)10-3-2-9(12)6-15-10/h2-3,6-7H,1H3. The van der Waals surface area contributed by atoms with Crippen molar-refractivity contribution in [2.24, 2.45) is 0 Å². The fourth-order valence-electron chi connectivity index (χ4n) is 1.03. The van der Waals surface area contributed by atoms with Crippen LogP contribution in [0.5, 0.6) is 0 Å². The average molecular weight is 263 g/mol. The molecule has 0 atom stereocenters. The lowest BCUT2D eigenvalue weighted by Crippen LogP contribution is -2.26. The minimum atomic E-state index is -0.771. The van der Waals surface area contributed by atoms with Gasteiger partial charge in [-0.05, 0) is 12.1 Å². The fourth-order valence-corrected chi connectivity index (χ4v) is 1.14. The summed E-state index contributed by atoms with van der Waals surface area (Å²) in [6.45, 7) is 0. The quantitative estimate of drug-likeness (QED) is 0.762. The molecule has 1 aromatic rings. The molecule has 7 heteroatoms. The number of rotatable bonds is 2. The van der Waals surface area contributed by atoms with Crippen LogP contribution in [0.25, 0.3) is 0 Å². The van der Waals surface area contributed by atoms with Crippen molar-refractivity contribution in [3.63, 3.8) is 0 Å². The van der Waals surface area contributed by atoms with E-state index in [1.165, 1.54) is 25.4 Å². The van der Waals surface area contributed by atoms with E-state index in [0.717, 1.165) is 11.1 Å². The Bertz CT molecular complexity index is 538. The van der Waals surface area contributed by atoms with Gasteiger partial charge in [0, 0.05) is 12.4 Å². The topological polar surface area (TPSA) is 90.0 Å². The molecule has 0 aliphatic heterocycles. The maximum Gasteiger partial charge on any atom is 0.419 e. The van der Waals surface area contributed by atoms with E-state index in [1.54, 1.807) is 12.1 Å². The molecule has 1 heterocycles. The van der Waals surface area contributed by atoms with Crippen molar-refractivity contribution < 1.29 is 9.53 Å². The third-order valence-corrected chi connectivity index (χ3v) is 2.05. The molecule has 0 unspecified atom stereocenters. The highest BCUT2D eigenvalue weighted by Gasteiger charge is 2.16. The summed E-state index contributed by atoms with van der Waals surface area (Å²) in [4.78, 5) is 16.4. The van der Waals surface area contributed by atoms with Crippen LogP contribution in [0, 0.1) is 22.7 Å². The molecule has 90 valence electrons. The highest BCUT2D eigenvalue weighted by Crippen LogP contribution is 2.16. The second kappa shape index (κ2) is 6.24. The number of pyridine rings is 1. The van der Waals surface area contributed by atoms with Crippen molar-refractivity contribution in [2.75, 3.05) is 12.0 Å². The summed E-state index contributed by atoms with van der Waals surface area (Å²) in [6.07, 6.45) is 1.61. The normalized spacial score (nSPS) is 8.67. The molecule has 1 aromatic heterocycles. The molecule has 1 amide bonds. The summed E-state index contributed by atoms with van der Waals surface area (Å²) in [6, 6.07) is 6.26. The van der Waals surface area contributed by atoms with Crippen molar-refractivity contribution in [2.45, 2.75) is 0 Å². The van der Waals surface area contributed by atoms with Gasteiger partial charge < -0.3 is 4.74 Å². The number of nitrogens with zero attached hydrogens (tertiary/aromatic N) is 4. The minimum absolute atomic E-state index is 0.189. The third-order valence-electron chi connectivity index (χ3n) is 1.83. The van der Waals surface area contributed by atoms with Crippen LogP contribution in [0.2, 0.25) is 5.02 Å². The number of halogens is 1. The van der Waals surface area contributed by atoms with Crippen LogP contribution in [0.1, 0.15) is 0 Å². The van der Waals surface area contributed by atoms with Gasteiger partial charge in [0.25, 0.3) is 0 Å². The Morgan fingerprint density at radius 3 is 2.61 bits per heavy atom. The smallest absolute Gasteiger partial charge is 0.419 e. The predicted molar refractivity (Wildman–Crippen MR) is 63.4 cm³/mol. The fraction of sp³-hybridized carbons (Fsp3) is 0.0909. The van der Waals surface area contributed by atoms with Crippen LogP contribution < -0.4 is 4.90 Å². The van der Waals surface area contributed by atoms with Crippen molar-refractivity contribution >= 4 is 23.5 Å². The number of amides is 1. The van der Waals surface area contributed by atoms with E-state index in [1.807, 2.05) is 0 Å². The molecule has 0 aliphatic carbocycles. The molecule has 0 radical (unpaired) electrons. The number of methoxy groups -OCH3 is 1. The van der Waals surface area contributed by atoms with E-state index in [-0.39, 0.29) is 11.4 Å². The van der Waals surface area contributed by atoms with Crippen molar-refractivity contribution in [1.29, 1.82) is 10.5 Å². The molecular formula is C11H7ClN4O2. The number of nitriles is 2. The van der Waals surface area contributed by atoms with E-state index in [0.29, 0.717) is 5.02 Å². The van der Waals surface area contributed by atoms with Crippen molar-refractivity contribution in [1.82, 2.24) is 4.98 Å². The maximum absolute atomic E-state index is 11.5. The largest absolute Gasteiger partial charge is 0.452 e. The van der Waals surface area contributed by atoms with E-state index < -0.39 is 6.09 Å². The molecule has 0 saturated heterocycles. The Balaban J connectivity index is 3.19. The van der Waals surface area contributed by atoms with Crippen molar-refractivity contribution in [3.8, 4) is 12.1 Å². The lowest BCUT2D eigenvalue weighted by molar-refractivity contribution is 0.181. The number of carbonyl (C=O) groups excluding carboxylic acids is 1. The van der Waals surface area contributed by atoms with Gasteiger partial charge in [0.15, 0.2) is 0 Å². The highest BCUT2D eigenvalue weighted by atomic mass is 35.5. The Kier molecular flexibility index (Phi) is 4.67. The summed E-state index contributed by atoms with van der Waals surface area (Å²) in [5, 5.41) is 17.7. The molecule has 0 aliphatic rings. The summed E-state index contributed by atoms with van der Waals surface area (Å²) < 4.78 is 4.54. The van der Waals surface area contributed by atoms with Crippen molar-refractivity contribution in [3.05, 3.63) is 35.1 Å². The first kappa shape index (κ1) is 13.5. The Morgan fingerprint density at radius 2 is 2.17 bits per heavy atom. The third kappa shape index (κ3) is 3.21. The molecule has 0 aromatic carbocycles. The monoisotopic (exact) mass is 262 g/mol. The predicted octanol–water partition coefficient (Wildman–Crippen LogP) is 2.24. The number of carbonyl (C=O) groups is 1. The molecule has 18 heavy (non-hydrogen) atoms. The number of ether oxygens (including phenoxy) is 1. The number of allylic oxidation sites excluding steroid dienone is 1. The lowest BCUT2D eigenvalue weighted by Gasteiger charge is -2.15. The van der Waals surface area contributed by atoms with Gasteiger partial charge in [-0.15, -0.1) is 0 Å². The van der Waals surface area contributed by atoms with Crippen LogP contribution in [0.15, 0.2) is 30.1 Å². The molecule has 0 spiro atoms. The van der Waals surface area contributed by atoms with E-state index >= 15 is 0 Å². The first-order valence-corrected chi connectivity index (χ1v) is 5.01. The van der Waals surface area contributed by atoms with Crippen LogP contribution in [-0.2, 0) is 4.74 Å². The number of anilines is 1. The number of aromatic nitrogens is 1. The molecule has 6 nitrogen and oxygen atoms in total. The van der Waals surface area contributed by atoms with Gasteiger partial charge in [0.1, 0.15) is 23.5 Å². The molecule has 1 rings (SSSR count). The van der Waals surface area contributed by atoms with Crippen LogP contribution in [0.4, 0.5) is 10.6 Å². The molecule has 0 N–H and O–H groups in total. The molecular weight excluding hydrogens is 256 g/mol. The zero-order valence-electron chi connectivity index (χ0n) is 9.29. The number of hydrogen-bond acceptors (Lipinski definition) is 5. The van der Waals surface area contributed by atoms with E-state index in [4.69, 9.17) is 22.1 Å². The van der Waals surface area contributed by atoms with Crippen LogP contribution >= 0.6 is 11.6 Å². The van der Waals surface area contributed by atoms with Gasteiger partial charge in [0.05, 0.1) is 12.1 Å². The van der Waals surface area contributed by atoms with E-state index in [2.05, 4.69) is 9.72 Å². The zero-order valence-corrected chi connectivity index (χ0v) is 10.0. The first-order valence-electron chi connectivity index (χ1n) is 4.63. The first-order chi connectivity index (χ1) is 8.62. The Hall–Kier alpha value is -2.57. The maximum atomic E-state index is 11.5. The highest BCUT2D eigenvalue weighted by molar-refractivity contribution is 6.30. The second-order valence-corrected chi connectivity index (χ2v) is 3.38. The van der Waals surface area contributed by atoms with Gasteiger partial charge in [0.2, 0.25) is 0 Å². The Morgan fingerprint density at radius 1 is 1.50 bits per heavy atom. The van der Waals surface area contributed by atoms with Crippen LogP contribution in [0.3, 0.4) is 0 Å². The van der Waals surface area contributed by atoms with E-state index in [9.17, 15) is 4.79 Å². The second-order valence-electron chi connectivity index (χ2n) is 2.94. The van der Waals surface area contributed by atoms with Crippen LogP contribution in [-0.4, -0.2) is 18.2 Å². The molecule has 0 bridgehead atoms. The summed E-state index contributed by atoms with van der Waals surface area (Å²) in [5.74, 6) is 0.189. The molecule has 0 saturated carbocycles. The lowest BCUT2D eigenvalue weighted by atomic mass is 10.3. The summed E-state index contributed by atoms with van der Waals surface area (Å²) in [7, 11) is 1.18. The zero-order chi connectivity index (χ0) is 13.5. The summed E-state index contributed by atoms with van der Waals surface area (Å²) in [5.41, 5.74) is -0.253. The summed E-state index contributed by atoms with van der Waals surface area (Å²) >= 11 is 5.67. The van der Waals surface area contributed by atoms with Gasteiger partial charge >= 0.3 is 6.09 Å². The van der Waals surface area contributed by atoms with Gasteiger partial charge in [-0.3, -0.25) is 0 Å². The molecule has 0 fully saturated rings. The van der Waals surface area contributed by atoms with Gasteiger partial charge in [-0.2, -0.15) is 10.5 Å². The number of hydrogen-bond donors (Lipinski definition) is 0. The van der Waals surface area contributed by atoms with Gasteiger partial charge in [-0.1, -0.05) is 11.6 Å².